The molecule has 3 nitrogen and oxygen atoms in total. The molecule has 0 spiro atoms. The van der Waals surface area contributed by atoms with Crippen LogP contribution >= 0.6 is 0 Å². The predicted octanol–water partition coefficient (Wildman–Crippen LogP) is 3.39. The van der Waals surface area contributed by atoms with Gasteiger partial charge in [-0.15, -0.1) is 0 Å². The molecule has 0 unspecified atom stereocenters. The van der Waals surface area contributed by atoms with Gasteiger partial charge in [0.15, 0.2) is 0 Å². The minimum Gasteiger partial charge on any atom is -0.375 e. The number of aromatic amines is 1. The van der Waals surface area contributed by atoms with Crippen LogP contribution in [0.5, 0.6) is 0 Å². The number of nitrogens with zero attached hydrogens (tertiary/aromatic N) is 1. The van der Waals surface area contributed by atoms with Crippen LogP contribution in [0, 0.1) is 0 Å². The molecule has 0 aliphatic heterocycles. The zero-order valence-corrected chi connectivity index (χ0v) is 12.0. The SMILES string of the molecule is CCCN(C)c1ccc(/C=C/c2ccc(=O)[nH]c2)cc1. The summed E-state index contributed by atoms with van der Waals surface area (Å²) in [7, 11) is 2.11. The van der Waals surface area contributed by atoms with Gasteiger partial charge in [0.05, 0.1) is 0 Å². The Morgan fingerprint density at radius 1 is 1.05 bits per heavy atom. The number of pyridine rings is 1. The van der Waals surface area contributed by atoms with Crippen LogP contribution in [-0.4, -0.2) is 18.6 Å². The summed E-state index contributed by atoms with van der Waals surface area (Å²) in [6, 6.07) is 11.8. The van der Waals surface area contributed by atoms with Gasteiger partial charge >= 0.3 is 0 Å². The first-order valence-corrected chi connectivity index (χ1v) is 6.87. The fourth-order valence-electron chi connectivity index (χ4n) is 2.02. The summed E-state index contributed by atoms with van der Waals surface area (Å²) in [6.07, 6.45) is 6.88. The first-order chi connectivity index (χ1) is 9.69. The molecule has 3 heteroatoms. The van der Waals surface area contributed by atoms with Crippen LogP contribution in [0.1, 0.15) is 24.5 Å². The number of H-pyrrole nitrogens is 1. The Hall–Kier alpha value is -2.29. The number of hydrogen-bond donors (Lipinski definition) is 1. The first kappa shape index (κ1) is 14.1. The zero-order valence-electron chi connectivity index (χ0n) is 12.0. The summed E-state index contributed by atoms with van der Waals surface area (Å²) in [5, 5.41) is 0. The van der Waals surface area contributed by atoms with Crippen molar-refractivity contribution in [2.24, 2.45) is 0 Å². The number of benzene rings is 1. The lowest BCUT2D eigenvalue weighted by molar-refractivity contribution is 0.852. The standard InChI is InChI=1S/C17H20N2O/c1-3-12-19(2)16-9-6-14(7-10-16)4-5-15-8-11-17(20)18-13-15/h4-11,13H,3,12H2,1-2H3,(H,18,20)/b5-4+. The fourth-order valence-corrected chi connectivity index (χ4v) is 2.02. The van der Waals surface area contributed by atoms with Crippen LogP contribution in [0.25, 0.3) is 12.2 Å². The molecule has 0 bridgehead atoms. The molecular formula is C17H20N2O. The first-order valence-electron chi connectivity index (χ1n) is 6.87. The van der Waals surface area contributed by atoms with Gasteiger partial charge < -0.3 is 9.88 Å². The van der Waals surface area contributed by atoms with Gasteiger partial charge in [-0.3, -0.25) is 4.79 Å². The van der Waals surface area contributed by atoms with Gasteiger partial charge in [0.1, 0.15) is 0 Å². The highest BCUT2D eigenvalue weighted by molar-refractivity contribution is 5.70. The summed E-state index contributed by atoms with van der Waals surface area (Å²) < 4.78 is 0. The van der Waals surface area contributed by atoms with E-state index < -0.39 is 0 Å². The van der Waals surface area contributed by atoms with E-state index in [0.29, 0.717) is 0 Å². The molecule has 1 aromatic carbocycles. The summed E-state index contributed by atoms with van der Waals surface area (Å²) >= 11 is 0. The molecule has 0 aliphatic rings. The van der Waals surface area contributed by atoms with Gasteiger partial charge in [-0.25, -0.2) is 0 Å². The van der Waals surface area contributed by atoms with Crippen molar-refractivity contribution in [3.8, 4) is 0 Å². The van der Waals surface area contributed by atoms with Crippen LogP contribution in [-0.2, 0) is 0 Å². The van der Waals surface area contributed by atoms with Crippen molar-refractivity contribution >= 4 is 17.8 Å². The summed E-state index contributed by atoms with van der Waals surface area (Å²) in [6.45, 7) is 3.24. The summed E-state index contributed by atoms with van der Waals surface area (Å²) in [5.74, 6) is 0. The van der Waals surface area contributed by atoms with Crippen LogP contribution in [0.15, 0.2) is 47.4 Å². The Morgan fingerprint density at radius 3 is 2.30 bits per heavy atom. The Labute approximate surface area is 119 Å². The highest BCUT2D eigenvalue weighted by atomic mass is 16.1. The molecule has 0 fully saturated rings. The summed E-state index contributed by atoms with van der Waals surface area (Å²) in [5.41, 5.74) is 3.28. The minimum atomic E-state index is -0.0783. The molecule has 1 N–H and O–H groups in total. The van der Waals surface area contributed by atoms with Crippen LogP contribution in [0.2, 0.25) is 0 Å². The Bertz CT molecular complexity index is 606. The lowest BCUT2D eigenvalue weighted by Crippen LogP contribution is -2.17. The average molecular weight is 268 g/mol. The maximum atomic E-state index is 11.0. The molecule has 1 aromatic heterocycles. The van der Waals surface area contributed by atoms with Gasteiger partial charge in [0, 0.05) is 31.5 Å². The third-order valence-electron chi connectivity index (χ3n) is 3.17. The molecule has 0 saturated heterocycles. The number of aromatic nitrogens is 1. The molecule has 20 heavy (non-hydrogen) atoms. The number of rotatable bonds is 5. The molecule has 104 valence electrons. The second-order valence-electron chi connectivity index (χ2n) is 4.83. The second-order valence-corrected chi connectivity index (χ2v) is 4.83. The normalized spacial score (nSPS) is 10.9. The van der Waals surface area contributed by atoms with Crippen molar-refractivity contribution in [1.82, 2.24) is 4.98 Å². The highest BCUT2D eigenvalue weighted by Gasteiger charge is 1.98. The van der Waals surface area contributed by atoms with E-state index in [1.54, 1.807) is 12.3 Å². The largest absolute Gasteiger partial charge is 0.375 e. The van der Waals surface area contributed by atoms with Gasteiger partial charge in [0.25, 0.3) is 0 Å². The molecule has 0 aliphatic carbocycles. The fraction of sp³-hybridized carbons (Fsp3) is 0.235. The van der Waals surface area contributed by atoms with Gasteiger partial charge in [-0.1, -0.05) is 31.2 Å². The topological polar surface area (TPSA) is 36.1 Å². The molecule has 0 amide bonds. The third-order valence-corrected chi connectivity index (χ3v) is 3.17. The Morgan fingerprint density at radius 2 is 1.70 bits per heavy atom. The maximum absolute atomic E-state index is 11.0. The molecule has 0 atom stereocenters. The number of hydrogen-bond acceptors (Lipinski definition) is 2. The number of nitrogens with one attached hydrogen (secondary N) is 1. The van der Waals surface area contributed by atoms with E-state index in [9.17, 15) is 4.79 Å². The maximum Gasteiger partial charge on any atom is 0.247 e. The summed E-state index contributed by atoms with van der Waals surface area (Å²) in [4.78, 5) is 15.9. The van der Waals surface area contributed by atoms with Crippen molar-refractivity contribution in [1.29, 1.82) is 0 Å². The quantitative estimate of drug-likeness (QED) is 0.902. The van der Waals surface area contributed by atoms with Gasteiger partial charge in [0.2, 0.25) is 5.56 Å². The van der Waals surface area contributed by atoms with E-state index >= 15 is 0 Å². The smallest absolute Gasteiger partial charge is 0.247 e. The third kappa shape index (κ3) is 3.85. The van der Waals surface area contributed by atoms with Crippen LogP contribution in [0.4, 0.5) is 5.69 Å². The average Bonchev–Trinajstić information content (AvgIpc) is 2.47. The predicted molar refractivity (Wildman–Crippen MR) is 86.0 cm³/mol. The van der Waals surface area contributed by atoms with E-state index in [1.165, 1.54) is 11.8 Å². The molecule has 0 radical (unpaired) electrons. The van der Waals surface area contributed by atoms with Gasteiger partial charge in [-0.2, -0.15) is 0 Å². The van der Waals surface area contributed by atoms with Crippen molar-refractivity contribution in [2.45, 2.75) is 13.3 Å². The minimum absolute atomic E-state index is 0.0783. The second kappa shape index (κ2) is 6.75. The Balaban J connectivity index is 2.06. The van der Waals surface area contributed by atoms with E-state index in [-0.39, 0.29) is 5.56 Å². The highest BCUT2D eigenvalue weighted by Crippen LogP contribution is 2.15. The Kier molecular flexibility index (Phi) is 4.77. The molecule has 1 heterocycles. The lowest BCUT2D eigenvalue weighted by Gasteiger charge is -2.18. The van der Waals surface area contributed by atoms with Crippen LogP contribution < -0.4 is 10.5 Å². The molecule has 2 rings (SSSR count). The van der Waals surface area contributed by atoms with E-state index in [4.69, 9.17) is 0 Å². The monoisotopic (exact) mass is 268 g/mol. The van der Waals surface area contributed by atoms with Crippen molar-refractivity contribution in [3.05, 3.63) is 64.1 Å². The van der Waals surface area contributed by atoms with Gasteiger partial charge in [-0.05, 0) is 35.7 Å². The number of anilines is 1. The van der Waals surface area contributed by atoms with E-state index in [1.807, 2.05) is 12.2 Å². The van der Waals surface area contributed by atoms with Crippen LogP contribution in [0.3, 0.4) is 0 Å². The lowest BCUT2D eigenvalue weighted by atomic mass is 10.1. The molecule has 0 saturated carbocycles. The van der Waals surface area contributed by atoms with Crippen molar-refractivity contribution in [2.75, 3.05) is 18.5 Å². The molecular weight excluding hydrogens is 248 g/mol. The van der Waals surface area contributed by atoms with Crippen molar-refractivity contribution < 1.29 is 0 Å². The van der Waals surface area contributed by atoms with E-state index in [2.05, 4.69) is 48.1 Å². The van der Waals surface area contributed by atoms with Crippen molar-refractivity contribution in [3.63, 3.8) is 0 Å². The molecule has 2 aromatic rings. The van der Waals surface area contributed by atoms with E-state index in [0.717, 1.165) is 24.1 Å². The zero-order chi connectivity index (χ0) is 14.4.